The first kappa shape index (κ1) is 16.1. The maximum atomic E-state index is 5.87. The zero-order valence-electron chi connectivity index (χ0n) is 12.8. The molecule has 0 amide bonds. The maximum Gasteiger partial charge on any atom is 0.120 e. The van der Waals surface area contributed by atoms with Crippen LogP contribution in [0.25, 0.3) is 0 Å². The van der Waals surface area contributed by atoms with Gasteiger partial charge in [-0.3, -0.25) is 0 Å². The average molecular weight is 348 g/mol. The van der Waals surface area contributed by atoms with Gasteiger partial charge in [0, 0.05) is 16.6 Å². The van der Waals surface area contributed by atoms with Crippen molar-refractivity contribution < 1.29 is 4.74 Å². The van der Waals surface area contributed by atoms with Crippen LogP contribution in [0.3, 0.4) is 0 Å². The number of nitrogens with one attached hydrogen (secondary N) is 1. The normalized spacial score (nSPS) is 11.4. The molecule has 3 heteroatoms. The zero-order valence-corrected chi connectivity index (χ0v) is 14.4. The highest BCUT2D eigenvalue weighted by Crippen LogP contribution is 2.17. The van der Waals surface area contributed by atoms with Crippen LogP contribution in [-0.4, -0.2) is 5.54 Å². The van der Waals surface area contributed by atoms with E-state index in [2.05, 4.69) is 66.3 Å². The van der Waals surface area contributed by atoms with E-state index in [-0.39, 0.29) is 5.54 Å². The molecule has 0 fully saturated rings. The molecule has 0 bridgehead atoms. The molecule has 0 atom stereocenters. The molecule has 0 aromatic heterocycles. The molecule has 0 aliphatic rings. The lowest BCUT2D eigenvalue weighted by Crippen LogP contribution is -2.35. The molecule has 21 heavy (non-hydrogen) atoms. The van der Waals surface area contributed by atoms with Crippen molar-refractivity contribution in [3.63, 3.8) is 0 Å². The van der Waals surface area contributed by atoms with Crippen molar-refractivity contribution in [2.45, 2.75) is 39.5 Å². The second-order valence-corrected chi connectivity index (χ2v) is 7.09. The van der Waals surface area contributed by atoms with Gasteiger partial charge in [0.25, 0.3) is 0 Å². The Hall–Kier alpha value is -1.32. The van der Waals surface area contributed by atoms with E-state index in [1.165, 1.54) is 5.56 Å². The van der Waals surface area contributed by atoms with Crippen molar-refractivity contribution in [1.82, 2.24) is 5.32 Å². The predicted octanol–water partition coefficient (Wildman–Crippen LogP) is 4.92. The predicted molar refractivity (Wildman–Crippen MR) is 91.5 cm³/mol. The van der Waals surface area contributed by atoms with E-state index in [1.807, 2.05) is 24.3 Å². The molecule has 0 aliphatic heterocycles. The van der Waals surface area contributed by atoms with E-state index < -0.39 is 0 Å². The highest BCUT2D eigenvalue weighted by atomic mass is 79.9. The minimum atomic E-state index is 0.118. The second-order valence-electron chi connectivity index (χ2n) is 6.17. The van der Waals surface area contributed by atoms with Crippen LogP contribution in [0, 0.1) is 0 Å². The molecule has 2 rings (SSSR count). The van der Waals surface area contributed by atoms with Crippen LogP contribution >= 0.6 is 15.9 Å². The molecule has 0 heterocycles. The Bertz CT molecular complexity index is 590. The first-order valence-corrected chi connectivity index (χ1v) is 7.93. The summed E-state index contributed by atoms with van der Waals surface area (Å²) in [5, 5.41) is 3.48. The molecular formula is C18H22BrNO. The fraction of sp³-hybridized carbons (Fsp3) is 0.333. The van der Waals surface area contributed by atoms with Gasteiger partial charge in [0.1, 0.15) is 12.4 Å². The summed E-state index contributed by atoms with van der Waals surface area (Å²) >= 11 is 3.48. The molecule has 0 radical (unpaired) electrons. The van der Waals surface area contributed by atoms with Crippen molar-refractivity contribution in [3.8, 4) is 5.75 Å². The van der Waals surface area contributed by atoms with E-state index in [4.69, 9.17) is 4.74 Å². The molecule has 2 nitrogen and oxygen atoms in total. The number of ether oxygens (including phenoxy) is 1. The first-order valence-electron chi connectivity index (χ1n) is 7.14. The van der Waals surface area contributed by atoms with Gasteiger partial charge in [-0.2, -0.15) is 0 Å². The van der Waals surface area contributed by atoms with E-state index in [0.717, 1.165) is 22.3 Å². The highest BCUT2D eigenvalue weighted by Gasteiger charge is 2.08. The molecular weight excluding hydrogens is 326 g/mol. The third-order valence-electron chi connectivity index (χ3n) is 3.02. The lowest BCUT2D eigenvalue weighted by molar-refractivity contribution is 0.305. The zero-order chi connectivity index (χ0) is 15.3. The van der Waals surface area contributed by atoms with E-state index in [1.54, 1.807) is 0 Å². The Morgan fingerprint density at radius 2 is 1.71 bits per heavy atom. The van der Waals surface area contributed by atoms with Crippen molar-refractivity contribution in [1.29, 1.82) is 0 Å². The third-order valence-corrected chi connectivity index (χ3v) is 3.51. The van der Waals surface area contributed by atoms with Crippen LogP contribution < -0.4 is 10.1 Å². The lowest BCUT2D eigenvalue weighted by atomic mass is 10.1. The smallest absolute Gasteiger partial charge is 0.120 e. The van der Waals surface area contributed by atoms with Gasteiger partial charge in [-0.1, -0.05) is 40.2 Å². The summed E-state index contributed by atoms with van der Waals surface area (Å²) in [6, 6.07) is 16.4. The molecule has 0 saturated heterocycles. The lowest BCUT2D eigenvalue weighted by Gasteiger charge is -2.20. The van der Waals surface area contributed by atoms with E-state index in [0.29, 0.717) is 6.61 Å². The minimum Gasteiger partial charge on any atom is -0.489 e. The number of hydrogen-bond donors (Lipinski definition) is 1. The van der Waals surface area contributed by atoms with Gasteiger partial charge < -0.3 is 10.1 Å². The summed E-state index contributed by atoms with van der Waals surface area (Å²) in [6.07, 6.45) is 0. The Morgan fingerprint density at radius 3 is 2.43 bits per heavy atom. The van der Waals surface area contributed by atoms with Gasteiger partial charge in [0.2, 0.25) is 0 Å². The van der Waals surface area contributed by atoms with Gasteiger partial charge in [-0.15, -0.1) is 0 Å². The highest BCUT2D eigenvalue weighted by molar-refractivity contribution is 9.10. The first-order chi connectivity index (χ1) is 9.92. The molecule has 112 valence electrons. The molecule has 2 aromatic rings. The summed E-state index contributed by atoms with van der Waals surface area (Å²) in [5.74, 6) is 0.906. The number of benzene rings is 2. The van der Waals surface area contributed by atoms with Gasteiger partial charge in [-0.05, 0) is 56.2 Å². The standard InChI is InChI=1S/C18H22BrNO/c1-18(2,3)20-12-14-6-5-9-17(11-14)21-13-15-7-4-8-16(19)10-15/h4-11,20H,12-13H2,1-3H3. The molecule has 0 saturated carbocycles. The third kappa shape index (κ3) is 5.90. The van der Waals surface area contributed by atoms with E-state index in [9.17, 15) is 0 Å². The van der Waals surface area contributed by atoms with Crippen LogP contribution in [0.2, 0.25) is 0 Å². The van der Waals surface area contributed by atoms with Crippen LogP contribution in [0.5, 0.6) is 5.75 Å². The van der Waals surface area contributed by atoms with Crippen LogP contribution in [0.15, 0.2) is 53.0 Å². The molecule has 1 N–H and O–H groups in total. The molecule has 2 aromatic carbocycles. The SMILES string of the molecule is CC(C)(C)NCc1cccc(OCc2cccc(Br)c2)c1. The van der Waals surface area contributed by atoms with Gasteiger partial charge in [0.05, 0.1) is 0 Å². The Labute approximate surface area is 135 Å². The van der Waals surface area contributed by atoms with Gasteiger partial charge in [0.15, 0.2) is 0 Å². The second kappa shape index (κ2) is 7.10. The summed E-state index contributed by atoms with van der Waals surface area (Å²) in [4.78, 5) is 0. The number of hydrogen-bond acceptors (Lipinski definition) is 2. The maximum absolute atomic E-state index is 5.87. The molecule has 0 spiro atoms. The van der Waals surface area contributed by atoms with Gasteiger partial charge >= 0.3 is 0 Å². The number of rotatable bonds is 5. The van der Waals surface area contributed by atoms with Crippen molar-refractivity contribution in [2.75, 3.05) is 0 Å². The molecule has 0 aliphatic carbocycles. The Morgan fingerprint density at radius 1 is 1.00 bits per heavy atom. The Kier molecular flexibility index (Phi) is 5.43. The van der Waals surface area contributed by atoms with Crippen molar-refractivity contribution in [2.24, 2.45) is 0 Å². The fourth-order valence-corrected chi connectivity index (χ4v) is 2.35. The van der Waals surface area contributed by atoms with Crippen LogP contribution in [0.1, 0.15) is 31.9 Å². The largest absolute Gasteiger partial charge is 0.489 e. The molecule has 0 unspecified atom stereocenters. The summed E-state index contributed by atoms with van der Waals surface area (Å²) in [6.45, 7) is 7.93. The summed E-state index contributed by atoms with van der Waals surface area (Å²) < 4.78 is 6.95. The van der Waals surface area contributed by atoms with Crippen LogP contribution in [0.4, 0.5) is 0 Å². The van der Waals surface area contributed by atoms with Crippen LogP contribution in [-0.2, 0) is 13.2 Å². The minimum absolute atomic E-state index is 0.118. The topological polar surface area (TPSA) is 21.3 Å². The monoisotopic (exact) mass is 347 g/mol. The van der Waals surface area contributed by atoms with Crippen molar-refractivity contribution in [3.05, 3.63) is 64.1 Å². The fourth-order valence-electron chi connectivity index (χ4n) is 1.91. The summed E-state index contributed by atoms with van der Waals surface area (Å²) in [5.41, 5.74) is 2.51. The number of halogens is 1. The van der Waals surface area contributed by atoms with E-state index >= 15 is 0 Å². The van der Waals surface area contributed by atoms with Gasteiger partial charge in [-0.25, -0.2) is 0 Å². The quantitative estimate of drug-likeness (QED) is 0.828. The van der Waals surface area contributed by atoms with Crippen molar-refractivity contribution >= 4 is 15.9 Å². The average Bonchev–Trinajstić information content (AvgIpc) is 2.43. The summed E-state index contributed by atoms with van der Waals surface area (Å²) in [7, 11) is 0. The Balaban J connectivity index is 1.95.